The van der Waals surface area contributed by atoms with E-state index >= 15 is 0 Å². The molecule has 0 aliphatic heterocycles. The Morgan fingerprint density at radius 2 is 1.87 bits per heavy atom. The lowest BCUT2D eigenvalue weighted by Crippen LogP contribution is -1.99. The summed E-state index contributed by atoms with van der Waals surface area (Å²) in [5.41, 5.74) is 2.49. The van der Waals surface area contributed by atoms with Crippen molar-refractivity contribution in [3.8, 4) is 0 Å². The van der Waals surface area contributed by atoms with Gasteiger partial charge < -0.3 is 5.11 Å². The first-order valence-corrected chi connectivity index (χ1v) is 5.56. The maximum absolute atomic E-state index is 11.0. The lowest BCUT2D eigenvalue weighted by Gasteiger charge is -2.03. The number of carboxylic acids is 1. The molecule has 0 bridgehead atoms. The third kappa shape index (κ3) is 1.43. The van der Waals surface area contributed by atoms with Gasteiger partial charge in [0.2, 0.25) is 0 Å². The van der Waals surface area contributed by atoms with Gasteiger partial charge in [0.25, 0.3) is 0 Å². The third-order valence-electron chi connectivity index (χ3n) is 2.82. The summed E-state index contributed by atoms with van der Waals surface area (Å²) in [6.07, 6.45) is 0. The van der Waals surface area contributed by atoms with E-state index in [2.05, 4.69) is 6.92 Å². The van der Waals surface area contributed by atoms with Crippen molar-refractivity contribution in [1.29, 1.82) is 0 Å². The molecule has 1 N–H and O–H groups in total. The van der Waals surface area contributed by atoms with Crippen molar-refractivity contribution in [2.45, 2.75) is 20.8 Å². The van der Waals surface area contributed by atoms with Gasteiger partial charge in [0, 0.05) is 9.58 Å². The Hall–Kier alpha value is -1.35. The van der Waals surface area contributed by atoms with E-state index in [1.807, 2.05) is 19.9 Å². The van der Waals surface area contributed by atoms with Crippen LogP contribution in [0.15, 0.2) is 12.1 Å². The zero-order valence-corrected chi connectivity index (χ0v) is 9.73. The Balaban J connectivity index is 2.88. The molecule has 3 heteroatoms. The van der Waals surface area contributed by atoms with Crippen molar-refractivity contribution in [3.05, 3.63) is 33.7 Å². The minimum Gasteiger partial charge on any atom is -0.478 e. The molecule has 0 aliphatic rings. The highest BCUT2D eigenvalue weighted by atomic mass is 32.1. The number of hydrogen-bond acceptors (Lipinski definition) is 2. The second-order valence-corrected chi connectivity index (χ2v) is 4.96. The molecule has 0 fully saturated rings. The minimum absolute atomic E-state index is 0.406. The molecule has 0 unspecified atom stereocenters. The fourth-order valence-corrected chi connectivity index (χ4v) is 3.02. The predicted octanol–water partition coefficient (Wildman–Crippen LogP) is 3.52. The molecule has 2 nitrogen and oxygen atoms in total. The molecule has 2 rings (SSSR count). The van der Waals surface area contributed by atoms with Gasteiger partial charge in [-0.15, -0.1) is 11.3 Å². The average Bonchev–Trinajstić information content (AvgIpc) is 2.43. The molecule has 1 aromatic heterocycles. The number of hydrogen-bond donors (Lipinski definition) is 1. The zero-order valence-electron chi connectivity index (χ0n) is 8.92. The number of carboxylic acid groups (broad SMARTS) is 1. The molecule has 0 radical (unpaired) electrons. The number of thiophene rings is 1. The number of carbonyl (C=O) groups is 1. The van der Waals surface area contributed by atoms with Crippen molar-refractivity contribution < 1.29 is 9.90 Å². The summed E-state index contributed by atoms with van der Waals surface area (Å²) in [6, 6.07) is 3.59. The fraction of sp³-hybridized carbons (Fsp3) is 0.250. The Bertz CT molecular complexity index is 552. The van der Waals surface area contributed by atoms with Crippen LogP contribution in [0.25, 0.3) is 10.1 Å². The van der Waals surface area contributed by atoms with E-state index < -0.39 is 5.97 Å². The molecular weight excluding hydrogens is 208 g/mol. The first-order chi connectivity index (χ1) is 7.02. The van der Waals surface area contributed by atoms with Crippen LogP contribution in [0, 0.1) is 20.8 Å². The molecular formula is C12H12O2S. The number of benzene rings is 1. The van der Waals surface area contributed by atoms with E-state index in [-0.39, 0.29) is 0 Å². The summed E-state index contributed by atoms with van der Waals surface area (Å²) in [6.45, 7) is 6.00. The van der Waals surface area contributed by atoms with Crippen LogP contribution >= 0.6 is 11.3 Å². The molecule has 0 spiro atoms. The lowest BCUT2D eigenvalue weighted by molar-refractivity contribution is 0.0696. The zero-order chi connectivity index (χ0) is 11.2. The van der Waals surface area contributed by atoms with Gasteiger partial charge >= 0.3 is 5.97 Å². The van der Waals surface area contributed by atoms with E-state index in [0.717, 1.165) is 10.9 Å². The predicted molar refractivity (Wildman–Crippen MR) is 63.0 cm³/mol. The second-order valence-electron chi connectivity index (χ2n) is 3.70. The van der Waals surface area contributed by atoms with Gasteiger partial charge in [-0.2, -0.15) is 0 Å². The van der Waals surface area contributed by atoms with Crippen LogP contribution in [-0.4, -0.2) is 11.1 Å². The lowest BCUT2D eigenvalue weighted by atomic mass is 10.0. The SMILES string of the molecule is Cc1sc2ccc(C(=O)O)c(C)c2c1C. The third-order valence-corrected chi connectivity index (χ3v) is 4.00. The highest BCUT2D eigenvalue weighted by molar-refractivity contribution is 7.19. The summed E-state index contributed by atoms with van der Waals surface area (Å²) in [7, 11) is 0. The molecule has 2 aromatic rings. The van der Waals surface area contributed by atoms with Crippen molar-refractivity contribution in [1.82, 2.24) is 0 Å². The maximum atomic E-state index is 11.0. The van der Waals surface area contributed by atoms with Gasteiger partial charge in [-0.25, -0.2) is 4.79 Å². The monoisotopic (exact) mass is 220 g/mol. The van der Waals surface area contributed by atoms with Crippen LogP contribution in [-0.2, 0) is 0 Å². The first-order valence-electron chi connectivity index (χ1n) is 4.75. The van der Waals surface area contributed by atoms with E-state index in [1.165, 1.54) is 15.1 Å². The van der Waals surface area contributed by atoms with Gasteiger partial charge in [0.05, 0.1) is 5.56 Å². The van der Waals surface area contributed by atoms with Crippen LogP contribution in [0.4, 0.5) is 0 Å². The number of rotatable bonds is 1. The topological polar surface area (TPSA) is 37.3 Å². The Labute approximate surface area is 92.2 Å². The summed E-state index contributed by atoms with van der Waals surface area (Å²) < 4.78 is 1.17. The first kappa shape index (κ1) is 10.2. The van der Waals surface area contributed by atoms with Crippen LogP contribution in [0.3, 0.4) is 0 Å². The number of fused-ring (bicyclic) bond motifs is 1. The Morgan fingerprint density at radius 3 is 2.47 bits per heavy atom. The van der Waals surface area contributed by atoms with Crippen LogP contribution in [0.2, 0.25) is 0 Å². The van der Waals surface area contributed by atoms with Gasteiger partial charge in [-0.05, 0) is 49.4 Å². The largest absolute Gasteiger partial charge is 0.478 e. The molecule has 1 aromatic carbocycles. The summed E-state index contributed by atoms with van der Waals surface area (Å²) in [5.74, 6) is -0.849. The highest BCUT2D eigenvalue weighted by Gasteiger charge is 2.13. The van der Waals surface area contributed by atoms with Crippen molar-refractivity contribution in [3.63, 3.8) is 0 Å². The molecule has 78 valence electrons. The molecule has 0 saturated heterocycles. The van der Waals surface area contributed by atoms with Crippen LogP contribution in [0.5, 0.6) is 0 Å². The summed E-state index contributed by atoms with van der Waals surface area (Å²) in [5, 5.41) is 10.1. The maximum Gasteiger partial charge on any atom is 0.335 e. The van der Waals surface area contributed by atoms with Crippen molar-refractivity contribution >= 4 is 27.4 Å². The smallest absolute Gasteiger partial charge is 0.335 e. The standard InChI is InChI=1S/C12H12O2S/c1-6-8(3)15-10-5-4-9(12(13)14)7(2)11(6)10/h4-5H,1-3H3,(H,13,14). The Morgan fingerprint density at radius 1 is 1.20 bits per heavy atom. The summed E-state index contributed by atoms with van der Waals surface area (Å²) in [4.78, 5) is 12.2. The van der Waals surface area contributed by atoms with Gasteiger partial charge in [0.15, 0.2) is 0 Å². The molecule has 0 atom stereocenters. The second kappa shape index (κ2) is 3.35. The van der Waals surface area contributed by atoms with Crippen molar-refractivity contribution in [2.75, 3.05) is 0 Å². The van der Waals surface area contributed by atoms with Crippen LogP contribution < -0.4 is 0 Å². The van der Waals surface area contributed by atoms with Gasteiger partial charge in [-0.1, -0.05) is 0 Å². The molecule has 15 heavy (non-hydrogen) atoms. The average molecular weight is 220 g/mol. The number of aryl methyl sites for hydroxylation is 3. The van der Waals surface area contributed by atoms with E-state index in [9.17, 15) is 4.79 Å². The van der Waals surface area contributed by atoms with E-state index in [1.54, 1.807) is 17.4 Å². The van der Waals surface area contributed by atoms with Gasteiger partial charge in [-0.3, -0.25) is 0 Å². The summed E-state index contributed by atoms with van der Waals surface area (Å²) >= 11 is 1.72. The van der Waals surface area contributed by atoms with E-state index in [0.29, 0.717) is 5.56 Å². The fourth-order valence-electron chi connectivity index (χ4n) is 1.89. The molecule has 0 aliphatic carbocycles. The number of aromatic carboxylic acids is 1. The van der Waals surface area contributed by atoms with Crippen LogP contribution in [0.1, 0.15) is 26.4 Å². The Kier molecular flexibility index (Phi) is 2.27. The molecule has 0 amide bonds. The van der Waals surface area contributed by atoms with E-state index in [4.69, 9.17) is 5.11 Å². The molecule has 1 heterocycles. The van der Waals surface area contributed by atoms with Gasteiger partial charge in [0.1, 0.15) is 0 Å². The highest BCUT2D eigenvalue weighted by Crippen LogP contribution is 2.33. The quantitative estimate of drug-likeness (QED) is 0.798. The molecule has 0 saturated carbocycles. The normalized spacial score (nSPS) is 10.9. The minimum atomic E-state index is -0.849. The van der Waals surface area contributed by atoms with Crippen molar-refractivity contribution in [2.24, 2.45) is 0 Å².